The van der Waals surface area contributed by atoms with Crippen LogP contribution in [-0.2, 0) is 15.7 Å². The Hall–Kier alpha value is -2.22. The third-order valence-electron chi connectivity index (χ3n) is 3.33. The van der Waals surface area contributed by atoms with Crippen molar-refractivity contribution in [3.8, 4) is 0 Å². The fraction of sp³-hybridized carbons (Fsp3) is 0.312. The molecule has 0 bridgehead atoms. The Bertz CT molecular complexity index is 777. The van der Waals surface area contributed by atoms with E-state index < -0.39 is 17.7 Å². The molecule has 1 aromatic carbocycles. The van der Waals surface area contributed by atoms with Crippen molar-refractivity contribution < 1.29 is 22.7 Å². The molecule has 0 unspecified atom stereocenters. The summed E-state index contributed by atoms with van der Waals surface area (Å²) in [5.41, 5.74) is -0.583. The topological polar surface area (TPSA) is 42.4 Å². The van der Waals surface area contributed by atoms with Crippen molar-refractivity contribution >= 4 is 34.1 Å². The Labute approximate surface area is 142 Å². The molecule has 0 spiro atoms. The number of hydrogen-bond acceptors (Lipinski definition) is 4. The molecule has 0 radical (unpaired) electrons. The van der Waals surface area contributed by atoms with Crippen LogP contribution in [0.1, 0.15) is 18.1 Å². The Kier molecular flexibility index (Phi) is 5.38. The second kappa shape index (κ2) is 7.12. The molecule has 1 aromatic heterocycles. The number of esters is 1. The summed E-state index contributed by atoms with van der Waals surface area (Å²) in [7, 11) is 1.58. The average molecular weight is 356 g/mol. The van der Waals surface area contributed by atoms with Gasteiger partial charge < -0.3 is 9.64 Å². The van der Waals surface area contributed by atoms with E-state index in [4.69, 9.17) is 17.0 Å². The first-order valence-electron chi connectivity index (χ1n) is 7.11. The molecule has 2 rings (SSSR count). The molecule has 0 aliphatic carbocycles. The number of ether oxygens (including phenoxy) is 1. The van der Waals surface area contributed by atoms with Gasteiger partial charge in [-0.1, -0.05) is 24.4 Å². The van der Waals surface area contributed by atoms with Crippen LogP contribution in [0, 0.1) is 0 Å². The fourth-order valence-corrected chi connectivity index (χ4v) is 2.51. The van der Waals surface area contributed by atoms with Gasteiger partial charge in [-0.2, -0.15) is 13.2 Å². The minimum absolute atomic E-state index is 0.0878. The Morgan fingerprint density at radius 2 is 2.04 bits per heavy atom. The van der Waals surface area contributed by atoms with Crippen LogP contribution >= 0.6 is 12.2 Å². The molecule has 1 heterocycles. The molecule has 2 aromatic rings. The number of thiocarbonyl (C=S) groups is 1. The zero-order chi connectivity index (χ0) is 17.9. The number of pyridine rings is 1. The molecule has 0 amide bonds. The highest BCUT2D eigenvalue weighted by atomic mass is 32.1. The van der Waals surface area contributed by atoms with Crippen LogP contribution in [-0.4, -0.2) is 41.0 Å². The van der Waals surface area contributed by atoms with E-state index in [1.54, 1.807) is 14.0 Å². The van der Waals surface area contributed by atoms with E-state index in [0.717, 1.165) is 6.07 Å². The first-order valence-corrected chi connectivity index (χ1v) is 7.52. The standard InChI is InChI=1S/C16H15F3N2O2S/c1-3-23-13(22)9-21(2)15(24)11-7-8-20-14-10(11)5-4-6-12(14)16(17,18)19/h4-8H,3,9H2,1-2H3. The van der Waals surface area contributed by atoms with E-state index in [-0.39, 0.29) is 29.0 Å². The summed E-state index contributed by atoms with van der Waals surface area (Å²) in [4.78, 5) is 17.1. The van der Waals surface area contributed by atoms with Crippen LogP contribution < -0.4 is 0 Å². The highest BCUT2D eigenvalue weighted by Gasteiger charge is 2.33. The van der Waals surface area contributed by atoms with Crippen molar-refractivity contribution in [1.82, 2.24) is 9.88 Å². The number of carbonyl (C=O) groups is 1. The van der Waals surface area contributed by atoms with E-state index in [1.165, 1.54) is 29.3 Å². The van der Waals surface area contributed by atoms with Crippen molar-refractivity contribution in [2.75, 3.05) is 20.2 Å². The van der Waals surface area contributed by atoms with Gasteiger partial charge in [0.2, 0.25) is 0 Å². The lowest BCUT2D eigenvalue weighted by atomic mass is 10.0. The van der Waals surface area contributed by atoms with Crippen LogP contribution in [0.3, 0.4) is 0 Å². The predicted molar refractivity (Wildman–Crippen MR) is 87.7 cm³/mol. The van der Waals surface area contributed by atoms with Gasteiger partial charge in [0.15, 0.2) is 0 Å². The largest absolute Gasteiger partial charge is 0.465 e. The van der Waals surface area contributed by atoms with E-state index >= 15 is 0 Å². The Balaban J connectivity index is 2.43. The minimum atomic E-state index is -4.51. The van der Waals surface area contributed by atoms with Gasteiger partial charge in [-0.15, -0.1) is 0 Å². The summed E-state index contributed by atoms with van der Waals surface area (Å²) in [6, 6.07) is 5.35. The van der Waals surface area contributed by atoms with Crippen molar-refractivity contribution in [2.45, 2.75) is 13.1 Å². The zero-order valence-corrected chi connectivity index (χ0v) is 13.9. The third kappa shape index (κ3) is 3.81. The molecule has 0 fully saturated rings. The average Bonchev–Trinajstić information content (AvgIpc) is 2.52. The summed E-state index contributed by atoms with van der Waals surface area (Å²) < 4.78 is 44.2. The number of fused-ring (bicyclic) bond motifs is 1. The first-order chi connectivity index (χ1) is 11.3. The highest BCUT2D eigenvalue weighted by Crippen LogP contribution is 2.34. The smallest absolute Gasteiger partial charge is 0.418 e. The fourth-order valence-electron chi connectivity index (χ4n) is 2.27. The van der Waals surface area contributed by atoms with Gasteiger partial charge in [0.05, 0.1) is 17.7 Å². The molecular weight excluding hydrogens is 341 g/mol. The molecule has 0 N–H and O–H groups in total. The number of carbonyl (C=O) groups excluding carboxylic acids is 1. The molecule has 8 heteroatoms. The Morgan fingerprint density at radius 3 is 2.67 bits per heavy atom. The number of halogens is 3. The quantitative estimate of drug-likeness (QED) is 0.620. The van der Waals surface area contributed by atoms with E-state index in [9.17, 15) is 18.0 Å². The summed E-state index contributed by atoms with van der Waals surface area (Å²) in [6.45, 7) is 1.84. The van der Waals surface area contributed by atoms with Gasteiger partial charge in [-0.05, 0) is 19.1 Å². The van der Waals surface area contributed by atoms with Gasteiger partial charge in [-0.3, -0.25) is 9.78 Å². The third-order valence-corrected chi connectivity index (χ3v) is 3.86. The first kappa shape index (κ1) is 18.1. The monoisotopic (exact) mass is 356 g/mol. The number of para-hydroxylation sites is 1. The van der Waals surface area contributed by atoms with Crippen LogP contribution in [0.2, 0.25) is 0 Å². The number of nitrogens with zero attached hydrogens (tertiary/aromatic N) is 2. The van der Waals surface area contributed by atoms with E-state index in [2.05, 4.69) is 4.98 Å². The summed E-state index contributed by atoms with van der Waals surface area (Å²) >= 11 is 5.32. The lowest BCUT2D eigenvalue weighted by molar-refractivity contribution is -0.143. The highest BCUT2D eigenvalue weighted by molar-refractivity contribution is 7.80. The van der Waals surface area contributed by atoms with Crippen molar-refractivity contribution in [3.63, 3.8) is 0 Å². The van der Waals surface area contributed by atoms with E-state index in [0.29, 0.717) is 5.56 Å². The van der Waals surface area contributed by atoms with Gasteiger partial charge in [0.1, 0.15) is 11.5 Å². The van der Waals surface area contributed by atoms with Gasteiger partial charge >= 0.3 is 12.1 Å². The molecule has 0 aliphatic heterocycles. The Morgan fingerprint density at radius 1 is 1.33 bits per heavy atom. The molecule has 0 saturated heterocycles. The molecule has 0 atom stereocenters. The van der Waals surface area contributed by atoms with E-state index in [1.807, 2.05) is 0 Å². The van der Waals surface area contributed by atoms with Crippen molar-refractivity contribution in [2.24, 2.45) is 0 Å². The molecule has 0 saturated carbocycles. The van der Waals surface area contributed by atoms with Crippen molar-refractivity contribution in [3.05, 3.63) is 41.6 Å². The SMILES string of the molecule is CCOC(=O)CN(C)C(=S)c1ccnc2c(C(F)(F)F)cccc12. The maximum Gasteiger partial charge on any atom is 0.418 e. The number of rotatable bonds is 4. The molecule has 4 nitrogen and oxygen atoms in total. The maximum absolute atomic E-state index is 13.1. The van der Waals surface area contributed by atoms with Gasteiger partial charge in [-0.25, -0.2) is 0 Å². The molecule has 24 heavy (non-hydrogen) atoms. The lowest BCUT2D eigenvalue weighted by Crippen LogP contribution is -2.32. The van der Waals surface area contributed by atoms with Crippen molar-refractivity contribution in [1.29, 1.82) is 0 Å². The minimum Gasteiger partial charge on any atom is -0.465 e. The zero-order valence-electron chi connectivity index (χ0n) is 13.1. The summed E-state index contributed by atoms with van der Waals surface area (Å²) in [5.74, 6) is -0.461. The van der Waals surface area contributed by atoms with Crippen LogP contribution in [0.5, 0.6) is 0 Å². The normalized spacial score (nSPS) is 11.4. The number of likely N-dealkylation sites (N-methyl/N-ethyl adjacent to an activating group) is 1. The second-order valence-corrected chi connectivity index (χ2v) is 5.41. The van der Waals surface area contributed by atoms with Crippen LogP contribution in [0.15, 0.2) is 30.5 Å². The van der Waals surface area contributed by atoms with Crippen LogP contribution in [0.25, 0.3) is 10.9 Å². The van der Waals surface area contributed by atoms with Gasteiger partial charge in [0.25, 0.3) is 0 Å². The summed E-state index contributed by atoms with van der Waals surface area (Å²) in [5, 5.41) is 0.285. The number of aromatic nitrogens is 1. The van der Waals surface area contributed by atoms with Gasteiger partial charge in [0, 0.05) is 24.2 Å². The number of alkyl halides is 3. The number of hydrogen-bond donors (Lipinski definition) is 0. The van der Waals surface area contributed by atoms with Crippen LogP contribution in [0.4, 0.5) is 13.2 Å². The second-order valence-electron chi connectivity index (χ2n) is 5.02. The maximum atomic E-state index is 13.1. The lowest BCUT2D eigenvalue weighted by Gasteiger charge is -2.20. The molecule has 0 aliphatic rings. The predicted octanol–water partition coefficient (Wildman–Crippen LogP) is 3.42. The number of benzene rings is 1. The molecular formula is C16H15F3N2O2S. The summed E-state index contributed by atoms with van der Waals surface area (Å²) in [6.07, 6.45) is -3.24. The molecule has 128 valence electrons.